The van der Waals surface area contributed by atoms with Crippen molar-refractivity contribution < 1.29 is 4.99 Å². The predicted molar refractivity (Wildman–Crippen MR) is 109 cm³/mol. The molecule has 0 aromatic heterocycles. The van der Waals surface area contributed by atoms with Gasteiger partial charge in [-0.15, -0.1) is 0 Å². The number of aliphatic imine (C=N–C) groups is 1. The molecule has 1 aliphatic heterocycles. The zero-order valence-electron chi connectivity index (χ0n) is 14.7. The first-order valence-corrected chi connectivity index (χ1v) is 9.55. The van der Waals surface area contributed by atoms with Crippen molar-refractivity contribution in [3.63, 3.8) is 0 Å². The summed E-state index contributed by atoms with van der Waals surface area (Å²) in [7, 11) is 0. The fraction of sp³-hybridized carbons (Fsp3) is 0.318. The van der Waals surface area contributed by atoms with E-state index in [1.54, 1.807) is 0 Å². The number of amidine groups is 1. The minimum absolute atomic E-state index is 0.369. The van der Waals surface area contributed by atoms with Crippen LogP contribution in [0.25, 0.3) is 0 Å². The third-order valence-electron chi connectivity index (χ3n) is 4.73. The van der Waals surface area contributed by atoms with Crippen molar-refractivity contribution in [2.45, 2.75) is 44.6 Å². The van der Waals surface area contributed by atoms with Gasteiger partial charge in [-0.1, -0.05) is 92.6 Å². The van der Waals surface area contributed by atoms with E-state index < -0.39 is 0 Å². The Morgan fingerprint density at radius 1 is 1.00 bits per heavy atom. The molecule has 3 heteroatoms. The summed E-state index contributed by atoms with van der Waals surface area (Å²) in [4.78, 5) is 8.78. The molecular weight excluding hydrogens is 324 g/mol. The van der Waals surface area contributed by atoms with Crippen LogP contribution < -0.4 is 4.99 Å². The largest absolute Gasteiger partial charge is 0.293 e. The summed E-state index contributed by atoms with van der Waals surface area (Å²) < 4.78 is 0. The Morgan fingerprint density at radius 3 is 2.32 bits per heavy atom. The van der Waals surface area contributed by atoms with Crippen molar-refractivity contribution in [2.75, 3.05) is 0 Å². The molecule has 128 valence electrons. The Bertz CT molecular complexity index is 765. The molecule has 0 radical (unpaired) electrons. The summed E-state index contributed by atoms with van der Waals surface area (Å²) in [6.45, 7) is 2.23. The smallest absolute Gasteiger partial charge is 0.257 e. The summed E-state index contributed by atoms with van der Waals surface area (Å²) >= 11 is 5.28. The monoisotopic (exact) mass is 349 g/mol. The molecular formula is C22H25N2S+. The van der Waals surface area contributed by atoms with Gasteiger partial charge in [0.05, 0.1) is 6.42 Å². The van der Waals surface area contributed by atoms with Crippen LogP contribution in [0, 0.1) is 0 Å². The Hall–Kier alpha value is -2.13. The molecule has 25 heavy (non-hydrogen) atoms. The molecule has 2 aromatic carbocycles. The molecule has 1 N–H and O–H groups in total. The van der Waals surface area contributed by atoms with E-state index in [0.717, 1.165) is 36.4 Å². The Kier molecular flexibility index (Phi) is 5.87. The maximum absolute atomic E-state index is 5.28. The van der Waals surface area contributed by atoms with E-state index in [4.69, 9.17) is 17.2 Å². The second-order valence-electron chi connectivity index (χ2n) is 6.50. The van der Waals surface area contributed by atoms with Gasteiger partial charge in [-0.05, 0) is 16.8 Å². The number of thiocarbonyl (C=S) groups is 1. The first-order chi connectivity index (χ1) is 12.3. The summed E-state index contributed by atoms with van der Waals surface area (Å²) in [5.74, 6) is 1.08. The quantitative estimate of drug-likeness (QED) is 0.569. The predicted octanol–water partition coefficient (Wildman–Crippen LogP) is 3.83. The maximum Gasteiger partial charge on any atom is 0.293 e. The van der Waals surface area contributed by atoms with E-state index in [2.05, 4.69) is 66.5 Å². The van der Waals surface area contributed by atoms with Gasteiger partial charge < -0.3 is 0 Å². The third-order valence-corrected chi connectivity index (χ3v) is 4.90. The van der Waals surface area contributed by atoms with Crippen LogP contribution >= 0.6 is 12.2 Å². The standard InChI is InChI=1S/C22H24N2S/c1-2-3-6-15-20-23-21(18-11-7-4-8-12-18)22(24-20,16-17-25)19-13-9-5-10-14-19/h4-5,7-14,17H,2-3,6,15-16H2,1H3/p+1. The molecule has 2 nitrogen and oxygen atoms in total. The number of hydrogen-bond acceptors (Lipinski definition) is 2. The van der Waals surface area contributed by atoms with Crippen LogP contribution in [-0.2, 0) is 5.54 Å². The zero-order valence-corrected chi connectivity index (χ0v) is 15.6. The van der Waals surface area contributed by atoms with E-state index in [0.29, 0.717) is 0 Å². The summed E-state index contributed by atoms with van der Waals surface area (Å²) in [5.41, 5.74) is 3.07. The number of rotatable bonds is 8. The van der Waals surface area contributed by atoms with Gasteiger partial charge in [0.15, 0.2) is 5.54 Å². The SMILES string of the molecule is CCCCCC1=[NH+]C(CC=S)(c2ccccc2)C(c2ccccc2)=N1. The van der Waals surface area contributed by atoms with Crippen LogP contribution in [0.4, 0.5) is 0 Å². The lowest BCUT2D eigenvalue weighted by atomic mass is 9.81. The highest BCUT2D eigenvalue weighted by Crippen LogP contribution is 2.28. The van der Waals surface area contributed by atoms with E-state index in [1.807, 2.05) is 11.4 Å². The molecule has 0 aliphatic carbocycles. The molecule has 1 aliphatic rings. The molecule has 0 bridgehead atoms. The van der Waals surface area contributed by atoms with Crippen molar-refractivity contribution in [1.82, 2.24) is 0 Å². The van der Waals surface area contributed by atoms with Crippen LogP contribution in [0.15, 0.2) is 65.7 Å². The molecule has 0 spiro atoms. The van der Waals surface area contributed by atoms with Gasteiger partial charge >= 0.3 is 0 Å². The van der Waals surface area contributed by atoms with Crippen molar-refractivity contribution in [3.05, 3.63) is 71.8 Å². The van der Waals surface area contributed by atoms with Crippen molar-refractivity contribution in [3.8, 4) is 0 Å². The molecule has 0 saturated carbocycles. The lowest BCUT2D eigenvalue weighted by Gasteiger charge is -2.23. The van der Waals surface area contributed by atoms with Crippen molar-refractivity contribution in [2.24, 2.45) is 4.99 Å². The molecule has 1 heterocycles. The van der Waals surface area contributed by atoms with Crippen LogP contribution in [0.2, 0.25) is 0 Å². The lowest BCUT2D eigenvalue weighted by molar-refractivity contribution is -0.534. The van der Waals surface area contributed by atoms with Gasteiger partial charge in [0.2, 0.25) is 5.71 Å². The lowest BCUT2D eigenvalue weighted by Crippen LogP contribution is -2.85. The Balaban J connectivity index is 2.08. The molecule has 1 atom stereocenters. The van der Waals surface area contributed by atoms with Crippen molar-refractivity contribution in [1.29, 1.82) is 0 Å². The molecule has 0 fully saturated rings. The number of benzene rings is 2. The van der Waals surface area contributed by atoms with Gasteiger partial charge in [-0.2, -0.15) is 0 Å². The number of hydrogen-bond donors (Lipinski definition) is 1. The minimum Gasteiger partial charge on any atom is -0.257 e. The summed E-state index contributed by atoms with van der Waals surface area (Å²) in [6, 6.07) is 21.0. The third kappa shape index (κ3) is 3.77. The topological polar surface area (TPSA) is 26.3 Å². The fourth-order valence-electron chi connectivity index (χ4n) is 3.45. The molecule has 0 saturated heterocycles. The molecule has 2 aromatic rings. The highest BCUT2D eigenvalue weighted by molar-refractivity contribution is 7.78. The van der Waals surface area contributed by atoms with Crippen LogP contribution in [0.1, 0.15) is 50.2 Å². The second kappa shape index (κ2) is 8.30. The minimum atomic E-state index is -0.369. The number of nitrogens with zero attached hydrogens (tertiary/aromatic N) is 1. The molecule has 1 unspecified atom stereocenters. The summed E-state index contributed by atoms with van der Waals surface area (Å²) in [6.07, 6.45) is 5.32. The van der Waals surface area contributed by atoms with E-state index in [1.165, 1.54) is 18.4 Å². The number of unbranched alkanes of at least 4 members (excludes halogenated alkanes) is 2. The van der Waals surface area contributed by atoms with Gasteiger partial charge in [-0.25, -0.2) is 0 Å². The molecule has 0 amide bonds. The average molecular weight is 350 g/mol. The van der Waals surface area contributed by atoms with E-state index in [9.17, 15) is 0 Å². The normalized spacial score (nSPS) is 19.4. The molecule has 3 rings (SSSR count). The second-order valence-corrected chi connectivity index (χ2v) is 6.83. The van der Waals surface area contributed by atoms with E-state index in [-0.39, 0.29) is 5.54 Å². The maximum atomic E-state index is 5.28. The van der Waals surface area contributed by atoms with Gasteiger partial charge in [0, 0.05) is 17.5 Å². The highest BCUT2D eigenvalue weighted by Gasteiger charge is 2.48. The highest BCUT2D eigenvalue weighted by atomic mass is 32.1. The van der Waals surface area contributed by atoms with Gasteiger partial charge in [0.25, 0.3) is 5.84 Å². The Labute approximate surface area is 155 Å². The Morgan fingerprint density at radius 2 is 1.68 bits per heavy atom. The van der Waals surface area contributed by atoms with E-state index >= 15 is 0 Å². The fourth-order valence-corrected chi connectivity index (χ4v) is 3.70. The first kappa shape index (κ1) is 17.7. The van der Waals surface area contributed by atoms with Crippen LogP contribution in [-0.4, -0.2) is 16.9 Å². The number of nitrogens with one attached hydrogen (secondary N) is 1. The first-order valence-electron chi connectivity index (χ1n) is 9.08. The van der Waals surface area contributed by atoms with Gasteiger partial charge in [0.1, 0.15) is 0 Å². The van der Waals surface area contributed by atoms with Crippen LogP contribution in [0.3, 0.4) is 0 Å². The van der Waals surface area contributed by atoms with Gasteiger partial charge in [-0.3, -0.25) is 4.99 Å². The zero-order chi connectivity index (χ0) is 17.5. The summed E-state index contributed by atoms with van der Waals surface area (Å²) in [5, 5.41) is 1.83. The van der Waals surface area contributed by atoms with Crippen LogP contribution in [0.5, 0.6) is 0 Å². The average Bonchev–Trinajstić information content (AvgIpc) is 3.03. The van der Waals surface area contributed by atoms with Crippen molar-refractivity contribution >= 4 is 29.1 Å².